The van der Waals surface area contributed by atoms with Crippen molar-refractivity contribution < 1.29 is 0 Å². The minimum absolute atomic E-state index is 0.197. The standard InChI is InChI=1S/C4H4N2O/c1-3-2-4(7)6-5-3/h1-2H,(H2,5,6,7). The number of aromatic nitrogens is 2. The van der Waals surface area contributed by atoms with Gasteiger partial charge in [-0.15, -0.1) is 0 Å². The van der Waals surface area contributed by atoms with Crippen LogP contribution >= 0.6 is 0 Å². The Morgan fingerprint density at radius 2 is 2.29 bits per heavy atom. The molecule has 0 unspecified atom stereocenters. The maximum atomic E-state index is 10.1. The molecule has 0 fully saturated rings. The molecule has 0 amide bonds. The highest BCUT2D eigenvalue weighted by atomic mass is 16.1. The fourth-order valence-corrected chi connectivity index (χ4v) is 0.347. The Bertz CT molecular complexity index is 197. The quantitative estimate of drug-likeness (QED) is 0.460. The van der Waals surface area contributed by atoms with Gasteiger partial charge in [-0.3, -0.25) is 9.89 Å². The van der Waals surface area contributed by atoms with Crippen molar-refractivity contribution in [3.63, 3.8) is 0 Å². The summed E-state index contributed by atoms with van der Waals surface area (Å²) in [5.74, 6) is 0. The van der Waals surface area contributed by atoms with E-state index >= 15 is 0 Å². The van der Waals surface area contributed by atoms with Gasteiger partial charge in [0, 0.05) is 18.7 Å². The molecule has 0 atom stereocenters. The van der Waals surface area contributed by atoms with Gasteiger partial charge in [-0.2, -0.15) is 0 Å². The lowest BCUT2D eigenvalue weighted by Crippen LogP contribution is -1.93. The number of aromatic amines is 2. The van der Waals surface area contributed by atoms with Gasteiger partial charge in [0.1, 0.15) is 0 Å². The second-order valence-corrected chi connectivity index (χ2v) is 1.21. The van der Waals surface area contributed by atoms with Crippen LogP contribution in [0.15, 0.2) is 10.9 Å². The van der Waals surface area contributed by atoms with E-state index in [0.29, 0.717) is 5.69 Å². The normalized spacial score (nSPS) is 9.29. The summed E-state index contributed by atoms with van der Waals surface area (Å²) in [7, 11) is 0. The van der Waals surface area contributed by atoms with Crippen LogP contribution in [0, 0.1) is 6.92 Å². The van der Waals surface area contributed by atoms with Gasteiger partial charge < -0.3 is 5.10 Å². The molecule has 0 saturated heterocycles. The first-order valence-corrected chi connectivity index (χ1v) is 1.82. The predicted octanol–water partition coefficient (Wildman–Crippen LogP) is -0.238. The smallest absolute Gasteiger partial charge is 0.264 e. The van der Waals surface area contributed by atoms with Crippen LogP contribution in [0.4, 0.5) is 0 Å². The van der Waals surface area contributed by atoms with Gasteiger partial charge in [0.25, 0.3) is 5.56 Å². The lowest BCUT2D eigenvalue weighted by molar-refractivity contribution is 1.04. The van der Waals surface area contributed by atoms with Crippen molar-refractivity contribution in [1.82, 2.24) is 10.2 Å². The van der Waals surface area contributed by atoms with E-state index in [1.807, 2.05) is 0 Å². The summed E-state index contributed by atoms with van der Waals surface area (Å²) in [6.45, 7) is 5.09. The third kappa shape index (κ3) is 0.707. The molecule has 0 bridgehead atoms. The molecule has 0 aromatic carbocycles. The van der Waals surface area contributed by atoms with E-state index in [1.165, 1.54) is 6.07 Å². The summed E-state index contributed by atoms with van der Waals surface area (Å²) < 4.78 is 0. The first kappa shape index (κ1) is 4.18. The van der Waals surface area contributed by atoms with E-state index < -0.39 is 0 Å². The number of H-pyrrole nitrogens is 2. The number of hydrogen-bond donors (Lipinski definition) is 2. The average molecular weight is 96.1 g/mol. The van der Waals surface area contributed by atoms with Crippen LogP contribution in [0.25, 0.3) is 0 Å². The lowest BCUT2D eigenvalue weighted by atomic mass is 10.5. The van der Waals surface area contributed by atoms with Crippen molar-refractivity contribution >= 4 is 0 Å². The molecule has 0 aliphatic rings. The van der Waals surface area contributed by atoms with E-state index in [0.717, 1.165) is 0 Å². The predicted molar refractivity (Wildman–Crippen MR) is 24.8 cm³/mol. The van der Waals surface area contributed by atoms with Crippen LogP contribution in [0.2, 0.25) is 0 Å². The SMILES string of the molecule is [CH]c1cc(=O)[nH][nH]1. The highest BCUT2D eigenvalue weighted by Crippen LogP contribution is 1.76. The third-order valence-corrected chi connectivity index (χ3v) is 0.617. The number of hydrogen-bond acceptors (Lipinski definition) is 1. The maximum Gasteiger partial charge on any atom is 0.264 e. The van der Waals surface area contributed by atoms with E-state index in [4.69, 9.17) is 6.92 Å². The highest BCUT2D eigenvalue weighted by Gasteiger charge is 1.82. The molecule has 1 aromatic rings. The van der Waals surface area contributed by atoms with Gasteiger partial charge in [0.2, 0.25) is 0 Å². The summed E-state index contributed by atoms with van der Waals surface area (Å²) in [5, 5.41) is 4.67. The second-order valence-electron chi connectivity index (χ2n) is 1.21. The molecule has 0 aliphatic carbocycles. The van der Waals surface area contributed by atoms with Gasteiger partial charge in [-0.1, -0.05) is 0 Å². The number of rotatable bonds is 0. The van der Waals surface area contributed by atoms with E-state index in [2.05, 4.69) is 10.2 Å². The van der Waals surface area contributed by atoms with Gasteiger partial charge in [-0.05, 0) is 0 Å². The fourth-order valence-electron chi connectivity index (χ4n) is 0.347. The molecule has 3 nitrogen and oxygen atoms in total. The van der Waals surface area contributed by atoms with Gasteiger partial charge in [0.05, 0.1) is 0 Å². The molecule has 2 N–H and O–H groups in total. The van der Waals surface area contributed by atoms with Crippen molar-refractivity contribution in [3.05, 3.63) is 29.0 Å². The summed E-state index contributed by atoms with van der Waals surface area (Å²) in [6, 6.07) is 1.28. The third-order valence-electron chi connectivity index (χ3n) is 0.617. The van der Waals surface area contributed by atoms with Crippen LogP contribution in [0.5, 0.6) is 0 Å². The zero-order chi connectivity index (χ0) is 5.28. The van der Waals surface area contributed by atoms with E-state index in [-0.39, 0.29) is 5.56 Å². The Labute approximate surface area is 40.4 Å². The minimum Gasteiger partial charge on any atom is -0.302 e. The molecule has 0 spiro atoms. The molecule has 1 aromatic heterocycles. The summed E-state index contributed by atoms with van der Waals surface area (Å²) in [6.07, 6.45) is 0. The van der Waals surface area contributed by atoms with Crippen LogP contribution < -0.4 is 5.56 Å². The summed E-state index contributed by atoms with van der Waals surface area (Å²) in [4.78, 5) is 10.1. The van der Waals surface area contributed by atoms with E-state index in [1.54, 1.807) is 0 Å². The first-order valence-electron chi connectivity index (χ1n) is 1.82. The molecular formula is C4H4N2O. The van der Waals surface area contributed by atoms with Gasteiger partial charge in [0.15, 0.2) is 0 Å². The van der Waals surface area contributed by atoms with E-state index in [9.17, 15) is 4.79 Å². The molecule has 7 heavy (non-hydrogen) atoms. The molecular weight excluding hydrogens is 92.1 g/mol. The van der Waals surface area contributed by atoms with Crippen molar-refractivity contribution in [2.45, 2.75) is 0 Å². The average Bonchev–Trinajstić information content (AvgIpc) is 1.87. The zero-order valence-electron chi connectivity index (χ0n) is 3.56. The van der Waals surface area contributed by atoms with Crippen LogP contribution in [-0.2, 0) is 0 Å². The Morgan fingerprint density at radius 1 is 1.57 bits per heavy atom. The van der Waals surface area contributed by atoms with Crippen molar-refractivity contribution in [2.75, 3.05) is 0 Å². The summed E-state index contributed by atoms with van der Waals surface area (Å²) in [5.41, 5.74) is 0.169. The van der Waals surface area contributed by atoms with Crippen LogP contribution in [-0.4, -0.2) is 10.2 Å². The highest BCUT2D eigenvalue weighted by molar-refractivity contribution is 5.00. The van der Waals surface area contributed by atoms with Crippen LogP contribution in [0.1, 0.15) is 5.69 Å². The first-order chi connectivity index (χ1) is 3.29. The number of nitrogens with one attached hydrogen (secondary N) is 2. The maximum absolute atomic E-state index is 10.1. The second kappa shape index (κ2) is 1.26. The molecule has 0 aliphatic heterocycles. The zero-order valence-corrected chi connectivity index (χ0v) is 3.56. The fraction of sp³-hybridized carbons (Fsp3) is 0. The van der Waals surface area contributed by atoms with Gasteiger partial charge in [-0.25, -0.2) is 0 Å². The molecule has 36 valence electrons. The Kier molecular flexibility index (Phi) is 0.749. The Balaban J connectivity index is 3.30. The van der Waals surface area contributed by atoms with Crippen molar-refractivity contribution in [3.8, 4) is 0 Å². The van der Waals surface area contributed by atoms with Crippen molar-refractivity contribution in [1.29, 1.82) is 0 Å². The molecule has 1 rings (SSSR count). The molecule has 2 radical (unpaired) electrons. The van der Waals surface area contributed by atoms with Crippen LogP contribution in [0.3, 0.4) is 0 Å². The lowest BCUT2D eigenvalue weighted by Gasteiger charge is -1.68. The summed E-state index contributed by atoms with van der Waals surface area (Å²) >= 11 is 0. The Morgan fingerprint density at radius 3 is 2.43 bits per heavy atom. The van der Waals surface area contributed by atoms with Crippen molar-refractivity contribution in [2.24, 2.45) is 0 Å². The Hall–Kier alpha value is -0.990. The molecule has 3 heteroatoms. The topological polar surface area (TPSA) is 48.6 Å². The molecule has 0 saturated carbocycles. The minimum atomic E-state index is -0.197. The van der Waals surface area contributed by atoms with Gasteiger partial charge >= 0.3 is 0 Å². The largest absolute Gasteiger partial charge is 0.302 e. The molecule has 1 heterocycles. The monoisotopic (exact) mass is 96.0 g/mol.